The molecule has 0 fully saturated rings. The van der Waals surface area contributed by atoms with Crippen LogP contribution in [0.4, 0.5) is 4.79 Å². The summed E-state index contributed by atoms with van der Waals surface area (Å²) in [5.74, 6) is 0. The molecule has 6 nitrogen and oxygen atoms in total. The van der Waals surface area contributed by atoms with Crippen molar-refractivity contribution < 1.29 is 14.6 Å². The quantitative estimate of drug-likeness (QED) is 0.436. The number of rotatable bonds is 9. The molecule has 0 aliphatic heterocycles. The molecule has 0 bridgehead atoms. The molecule has 0 spiro atoms. The Morgan fingerprint density at radius 2 is 1.62 bits per heavy atom. The van der Waals surface area contributed by atoms with E-state index in [-0.39, 0.29) is 6.04 Å². The lowest BCUT2D eigenvalue weighted by molar-refractivity contribution is 0.0475. The van der Waals surface area contributed by atoms with Crippen molar-refractivity contribution in [3.63, 3.8) is 0 Å². The van der Waals surface area contributed by atoms with Crippen LogP contribution >= 0.6 is 0 Å². The summed E-state index contributed by atoms with van der Waals surface area (Å²) in [6.45, 7) is 5.47. The van der Waals surface area contributed by atoms with Gasteiger partial charge in [-0.05, 0) is 63.3 Å². The predicted molar refractivity (Wildman–Crippen MR) is 135 cm³/mol. The van der Waals surface area contributed by atoms with Crippen LogP contribution in [-0.2, 0) is 17.6 Å². The largest absolute Gasteiger partial charge is 0.444 e. The number of carbonyl (C=O) groups excluding carboxylic acids is 1. The molecule has 1 aromatic heterocycles. The van der Waals surface area contributed by atoms with Gasteiger partial charge in [0, 0.05) is 23.8 Å². The lowest BCUT2D eigenvalue weighted by atomic mass is 9.94. The number of hydrogen-bond donors (Lipinski definition) is 3. The smallest absolute Gasteiger partial charge is 0.407 e. The summed E-state index contributed by atoms with van der Waals surface area (Å²) < 4.78 is 5.42. The maximum Gasteiger partial charge on any atom is 0.407 e. The lowest BCUT2D eigenvalue weighted by Gasteiger charge is -2.27. The molecule has 0 saturated heterocycles. The molecule has 180 valence electrons. The van der Waals surface area contributed by atoms with E-state index in [1.165, 1.54) is 0 Å². The molecule has 1 heterocycles. The summed E-state index contributed by atoms with van der Waals surface area (Å²) in [7, 11) is 0. The van der Waals surface area contributed by atoms with Crippen LogP contribution in [0, 0.1) is 0 Å². The Morgan fingerprint density at radius 1 is 0.971 bits per heavy atom. The molecule has 0 radical (unpaired) electrons. The van der Waals surface area contributed by atoms with Gasteiger partial charge in [0.15, 0.2) is 0 Å². The van der Waals surface area contributed by atoms with Gasteiger partial charge in [0.2, 0.25) is 0 Å². The van der Waals surface area contributed by atoms with Crippen molar-refractivity contribution >= 4 is 6.09 Å². The molecule has 0 unspecified atom stereocenters. The maximum absolute atomic E-state index is 12.4. The lowest BCUT2D eigenvalue weighted by Crippen LogP contribution is -2.46. The van der Waals surface area contributed by atoms with Crippen molar-refractivity contribution in [3.8, 4) is 11.3 Å². The summed E-state index contributed by atoms with van der Waals surface area (Å²) in [5, 5.41) is 13.8. The summed E-state index contributed by atoms with van der Waals surface area (Å²) >= 11 is 0. The third kappa shape index (κ3) is 8.28. The van der Waals surface area contributed by atoms with Crippen LogP contribution in [0.5, 0.6) is 0 Å². The van der Waals surface area contributed by atoms with Crippen molar-refractivity contribution in [3.05, 3.63) is 90.1 Å². The average molecular weight is 462 g/mol. The molecular weight excluding hydrogens is 426 g/mol. The van der Waals surface area contributed by atoms with E-state index in [4.69, 9.17) is 10.5 Å². The molecule has 1 amide bonds. The first-order valence-corrected chi connectivity index (χ1v) is 11.7. The maximum atomic E-state index is 12.4. The molecule has 3 atom stereocenters. The van der Waals surface area contributed by atoms with Crippen molar-refractivity contribution in [1.82, 2.24) is 10.3 Å². The first-order valence-electron chi connectivity index (χ1n) is 11.7. The van der Waals surface area contributed by atoms with Crippen LogP contribution < -0.4 is 11.1 Å². The number of nitrogens with one attached hydrogen (secondary N) is 1. The molecule has 6 heteroatoms. The van der Waals surface area contributed by atoms with E-state index < -0.39 is 23.8 Å². The third-order valence-electron chi connectivity index (χ3n) is 5.45. The number of alkyl carbamates (subject to hydrolysis) is 1. The minimum atomic E-state index is -0.792. The van der Waals surface area contributed by atoms with Gasteiger partial charge in [0.05, 0.1) is 11.8 Å². The van der Waals surface area contributed by atoms with Crippen molar-refractivity contribution in [2.75, 3.05) is 0 Å². The van der Waals surface area contributed by atoms with Gasteiger partial charge in [-0.25, -0.2) is 4.79 Å². The molecule has 3 aromatic rings. The van der Waals surface area contributed by atoms with Gasteiger partial charge in [0.25, 0.3) is 0 Å². The number of hydrogen-bond acceptors (Lipinski definition) is 5. The van der Waals surface area contributed by atoms with Gasteiger partial charge >= 0.3 is 6.09 Å². The van der Waals surface area contributed by atoms with Crippen LogP contribution in [0.25, 0.3) is 11.3 Å². The van der Waals surface area contributed by atoms with Gasteiger partial charge < -0.3 is 20.9 Å². The van der Waals surface area contributed by atoms with Crippen LogP contribution in [0.3, 0.4) is 0 Å². The minimum absolute atomic E-state index is 0.315. The van der Waals surface area contributed by atoms with E-state index in [0.29, 0.717) is 19.3 Å². The number of pyridine rings is 1. The van der Waals surface area contributed by atoms with Gasteiger partial charge in [0.1, 0.15) is 5.60 Å². The van der Waals surface area contributed by atoms with Gasteiger partial charge in [-0.15, -0.1) is 0 Å². The number of nitrogens with zero attached hydrogens (tertiary/aromatic N) is 1. The van der Waals surface area contributed by atoms with E-state index in [9.17, 15) is 9.90 Å². The van der Waals surface area contributed by atoms with Gasteiger partial charge in [-0.3, -0.25) is 4.98 Å². The molecular formula is C28H35N3O3. The molecule has 0 aliphatic rings. The Kier molecular flexibility index (Phi) is 8.79. The van der Waals surface area contributed by atoms with Gasteiger partial charge in [-0.1, -0.05) is 60.7 Å². The summed E-state index contributed by atoms with van der Waals surface area (Å²) in [6, 6.07) is 22.9. The number of aromatic nitrogens is 1. The molecule has 34 heavy (non-hydrogen) atoms. The van der Waals surface area contributed by atoms with E-state index >= 15 is 0 Å². The second-order valence-electron chi connectivity index (χ2n) is 9.62. The monoisotopic (exact) mass is 461 g/mol. The third-order valence-corrected chi connectivity index (χ3v) is 5.45. The molecule has 0 aliphatic carbocycles. The number of nitrogens with two attached hydrogens (primary N) is 1. The second-order valence-corrected chi connectivity index (χ2v) is 9.62. The fourth-order valence-corrected chi connectivity index (χ4v) is 3.79. The minimum Gasteiger partial charge on any atom is -0.444 e. The Morgan fingerprint density at radius 3 is 2.24 bits per heavy atom. The summed E-state index contributed by atoms with van der Waals surface area (Å²) in [4.78, 5) is 16.8. The van der Waals surface area contributed by atoms with Crippen molar-refractivity contribution in [2.45, 2.75) is 63.8 Å². The highest BCUT2D eigenvalue weighted by molar-refractivity contribution is 5.68. The summed E-state index contributed by atoms with van der Waals surface area (Å²) in [6.07, 6.45) is 1.89. The standard InChI is InChI=1S/C28H35N3O3/c1-28(2,3)34-27(33)31-23(17-20-9-5-4-6-10-20)19-26(32)24(29)18-21-12-14-22(15-13-21)25-11-7-8-16-30-25/h4-16,23-24,26,32H,17-19,29H2,1-3H3,(H,31,33)/t23-,24-,26-/m0/s1. The number of ether oxygens (including phenoxy) is 1. The van der Waals surface area contributed by atoms with E-state index in [1.54, 1.807) is 6.20 Å². The highest BCUT2D eigenvalue weighted by Crippen LogP contribution is 2.19. The first kappa shape index (κ1) is 25.4. The Labute approximate surface area is 202 Å². The molecule has 4 N–H and O–H groups in total. The number of aliphatic hydroxyl groups is 1. The SMILES string of the molecule is CC(C)(C)OC(=O)N[C@@H](Cc1ccccc1)C[C@H](O)[C@@H](N)Cc1ccc(-c2ccccn2)cc1. The number of aliphatic hydroxyl groups excluding tert-OH is 1. The van der Waals surface area contributed by atoms with E-state index in [1.807, 2.05) is 93.6 Å². The van der Waals surface area contributed by atoms with Crippen molar-refractivity contribution in [1.29, 1.82) is 0 Å². The fourth-order valence-electron chi connectivity index (χ4n) is 3.79. The van der Waals surface area contributed by atoms with E-state index in [2.05, 4.69) is 10.3 Å². The van der Waals surface area contributed by atoms with Gasteiger partial charge in [-0.2, -0.15) is 0 Å². The van der Waals surface area contributed by atoms with Crippen LogP contribution in [0.15, 0.2) is 79.0 Å². The topological polar surface area (TPSA) is 97.5 Å². The Bertz CT molecular complexity index is 1020. The molecule has 0 saturated carbocycles. The zero-order chi connectivity index (χ0) is 24.6. The molecule has 2 aromatic carbocycles. The number of benzene rings is 2. The van der Waals surface area contributed by atoms with Crippen LogP contribution in [-0.4, -0.2) is 40.0 Å². The number of carbonyl (C=O) groups is 1. The molecule has 3 rings (SSSR count). The predicted octanol–water partition coefficient (Wildman–Crippen LogP) is 4.51. The Balaban J connectivity index is 1.62. The second kappa shape index (κ2) is 11.8. The average Bonchev–Trinajstić information content (AvgIpc) is 2.79. The van der Waals surface area contributed by atoms with Crippen LogP contribution in [0.1, 0.15) is 38.3 Å². The highest BCUT2D eigenvalue weighted by atomic mass is 16.6. The fraction of sp³-hybridized carbons (Fsp3) is 0.357. The van der Waals surface area contributed by atoms with Crippen LogP contribution in [0.2, 0.25) is 0 Å². The van der Waals surface area contributed by atoms with Crippen molar-refractivity contribution in [2.24, 2.45) is 5.73 Å². The Hall–Kier alpha value is -3.22. The number of amides is 1. The highest BCUT2D eigenvalue weighted by Gasteiger charge is 2.24. The normalized spacial score (nSPS) is 14.1. The summed E-state index contributed by atoms with van der Waals surface area (Å²) in [5.41, 5.74) is 9.81. The van der Waals surface area contributed by atoms with E-state index in [0.717, 1.165) is 22.4 Å². The first-order chi connectivity index (χ1) is 16.2. The zero-order valence-electron chi connectivity index (χ0n) is 20.1. The zero-order valence-corrected chi connectivity index (χ0v) is 20.1.